The van der Waals surface area contributed by atoms with Gasteiger partial charge < -0.3 is 25.8 Å². The maximum atomic E-state index is 13.1. The van der Waals surface area contributed by atoms with Crippen LogP contribution in [0.1, 0.15) is 24.1 Å². The lowest BCUT2D eigenvalue weighted by Gasteiger charge is -2.30. The molecule has 0 fully saturated rings. The van der Waals surface area contributed by atoms with Crippen LogP contribution in [0.5, 0.6) is 11.5 Å². The summed E-state index contributed by atoms with van der Waals surface area (Å²) in [6.45, 7) is 3.59. The van der Waals surface area contributed by atoms with Gasteiger partial charge in [0, 0.05) is 11.4 Å². The molecule has 10 heteroatoms. The Balaban J connectivity index is 2.09. The Morgan fingerprint density at radius 1 is 1.23 bits per heavy atom. The number of nitrogens with zero attached hydrogens (tertiary/aromatic N) is 1. The second kappa shape index (κ2) is 8.37. The molecule has 9 nitrogen and oxygen atoms in total. The van der Waals surface area contributed by atoms with Crippen molar-refractivity contribution in [3.8, 4) is 11.5 Å². The van der Waals surface area contributed by atoms with Gasteiger partial charge in [0.1, 0.15) is 0 Å². The Kier molecular flexibility index (Phi) is 5.88. The first-order valence-electron chi connectivity index (χ1n) is 8.93. The number of phenolic OH excluding ortho intramolecular Hbond substituents is 1. The third-order valence-corrected chi connectivity index (χ3v) is 4.88. The number of anilines is 1. The van der Waals surface area contributed by atoms with Crippen LogP contribution < -0.4 is 20.7 Å². The van der Waals surface area contributed by atoms with Crippen LogP contribution in [0.3, 0.4) is 0 Å². The summed E-state index contributed by atoms with van der Waals surface area (Å²) in [5.74, 6) is -1.12. The lowest BCUT2D eigenvalue weighted by molar-refractivity contribution is -0.386. The molecular formula is C20H20N4O5S. The molecule has 0 aromatic heterocycles. The van der Waals surface area contributed by atoms with Crippen molar-refractivity contribution in [3.05, 3.63) is 68.9 Å². The topological polar surface area (TPSA) is 126 Å². The smallest absolute Gasteiger partial charge is 0.320 e. The number of thiocarbonyl (C=S) groups is 1. The number of methoxy groups -OCH3 is 1. The zero-order valence-electron chi connectivity index (χ0n) is 16.5. The summed E-state index contributed by atoms with van der Waals surface area (Å²) < 4.78 is 5.04. The fraction of sp³-hybridized carbons (Fsp3) is 0.200. The van der Waals surface area contributed by atoms with Gasteiger partial charge in [0.05, 0.1) is 29.2 Å². The van der Waals surface area contributed by atoms with E-state index in [9.17, 15) is 20.0 Å². The number of nitrogens with one attached hydrogen (secondary N) is 3. The molecule has 1 atom stereocenters. The first-order chi connectivity index (χ1) is 14.2. The molecular weight excluding hydrogens is 408 g/mol. The van der Waals surface area contributed by atoms with E-state index in [0.29, 0.717) is 11.4 Å². The molecule has 3 rings (SSSR count). The fourth-order valence-corrected chi connectivity index (χ4v) is 3.53. The van der Waals surface area contributed by atoms with E-state index in [1.165, 1.54) is 19.2 Å². The normalized spacial score (nSPS) is 15.8. The summed E-state index contributed by atoms with van der Waals surface area (Å²) in [6.07, 6.45) is 0. The highest BCUT2D eigenvalue weighted by atomic mass is 32.1. The van der Waals surface area contributed by atoms with Gasteiger partial charge in [-0.25, -0.2) is 0 Å². The van der Waals surface area contributed by atoms with Crippen LogP contribution in [0.4, 0.5) is 11.4 Å². The Morgan fingerprint density at radius 2 is 1.90 bits per heavy atom. The highest BCUT2D eigenvalue weighted by Crippen LogP contribution is 2.43. The van der Waals surface area contributed by atoms with Crippen LogP contribution in [0.15, 0.2) is 47.7 Å². The van der Waals surface area contributed by atoms with Gasteiger partial charge in [0.2, 0.25) is 5.75 Å². The van der Waals surface area contributed by atoms with Gasteiger partial charge >= 0.3 is 5.69 Å². The number of aryl methyl sites for hydroxylation is 1. The minimum Gasteiger partial charge on any atom is -0.504 e. The average molecular weight is 428 g/mol. The van der Waals surface area contributed by atoms with Gasteiger partial charge in [-0.2, -0.15) is 0 Å². The number of aromatic hydroxyl groups is 1. The summed E-state index contributed by atoms with van der Waals surface area (Å²) in [4.78, 5) is 24.2. The van der Waals surface area contributed by atoms with Crippen LogP contribution in [-0.4, -0.2) is 28.2 Å². The molecule has 1 amide bonds. The minimum atomic E-state index is -0.931. The summed E-state index contributed by atoms with van der Waals surface area (Å²) in [5.41, 5.74) is 1.98. The minimum absolute atomic E-state index is 0.131. The summed E-state index contributed by atoms with van der Waals surface area (Å²) in [7, 11) is 1.22. The van der Waals surface area contributed by atoms with Crippen molar-refractivity contribution in [3.63, 3.8) is 0 Å². The van der Waals surface area contributed by atoms with Crippen molar-refractivity contribution in [1.82, 2.24) is 10.6 Å². The van der Waals surface area contributed by atoms with Gasteiger partial charge in [-0.15, -0.1) is 0 Å². The second-order valence-electron chi connectivity index (χ2n) is 6.70. The van der Waals surface area contributed by atoms with E-state index >= 15 is 0 Å². The number of phenols is 1. The summed E-state index contributed by atoms with van der Waals surface area (Å²) in [6, 6.07) is 8.95. The zero-order chi connectivity index (χ0) is 22.0. The number of hydrogen-bond acceptors (Lipinski definition) is 6. The van der Waals surface area contributed by atoms with Gasteiger partial charge in [0.25, 0.3) is 5.91 Å². The van der Waals surface area contributed by atoms with Crippen LogP contribution in [-0.2, 0) is 4.79 Å². The van der Waals surface area contributed by atoms with Gasteiger partial charge in [0.15, 0.2) is 10.9 Å². The monoisotopic (exact) mass is 428 g/mol. The Labute approximate surface area is 177 Å². The quantitative estimate of drug-likeness (QED) is 0.325. The number of benzene rings is 2. The average Bonchev–Trinajstić information content (AvgIpc) is 2.68. The van der Waals surface area contributed by atoms with E-state index in [-0.39, 0.29) is 27.7 Å². The zero-order valence-corrected chi connectivity index (χ0v) is 17.3. The molecule has 1 aliphatic rings. The molecule has 0 saturated carbocycles. The van der Waals surface area contributed by atoms with Crippen molar-refractivity contribution < 1.29 is 19.6 Å². The van der Waals surface area contributed by atoms with E-state index in [2.05, 4.69) is 16.0 Å². The van der Waals surface area contributed by atoms with Crippen molar-refractivity contribution in [2.45, 2.75) is 19.9 Å². The van der Waals surface area contributed by atoms with Crippen molar-refractivity contribution in [2.24, 2.45) is 0 Å². The first kappa shape index (κ1) is 21.1. The van der Waals surface area contributed by atoms with Gasteiger partial charge in [-0.05, 0) is 50.3 Å². The number of carbonyl (C=O) groups excluding carboxylic acids is 1. The maximum Gasteiger partial charge on any atom is 0.320 e. The number of amides is 1. The SMILES string of the molecule is COc1c(O)ccc(C2NC(=S)NC(C)=C2C(=O)Nc2ccc(C)cc2)c1[N+](=O)[O-]. The highest BCUT2D eigenvalue weighted by Gasteiger charge is 2.36. The molecule has 1 aliphatic heterocycles. The largest absolute Gasteiger partial charge is 0.504 e. The molecule has 0 aliphatic carbocycles. The number of allylic oxidation sites excluding steroid dienone is 1. The molecule has 1 unspecified atom stereocenters. The van der Waals surface area contributed by atoms with Crippen LogP contribution in [0.25, 0.3) is 0 Å². The third kappa shape index (κ3) is 4.03. The molecule has 2 aromatic carbocycles. The van der Waals surface area contributed by atoms with Crippen molar-refractivity contribution in [2.75, 3.05) is 12.4 Å². The molecule has 0 radical (unpaired) electrons. The number of nitro groups is 1. The van der Waals surface area contributed by atoms with Gasteiger partial charge in [-0.1, -0.05) is 17.7 Å². The molecule has 0 spiro atoms. The first-order valence-corrected chi connectivity index (χ1v) is 9.34. The molecule has 0 saturated heterocycles. The number of rotatable bonds is 5. The summed E-state index contributed by atoms with van der Waals surface area (Å²) in [5, 5.41) is 30.6. The predicted octanol–water partition coefficient (Wildman–Crippen LogP) is 3.05. The van der Waals surface area contributed by atoms with Gasteiger partial charge in [-0.3, -0.25) is 14.9 Å². The molecule has 4 N–H and O–H groups in total. The lowest BCUT2D eigenvalue weighted by Crippen LogP contribution is -2.46. The Hall–Kier alpha value is -3.66. The van der Waals surface area contributed by atoms with E-state index in [1.54, 1.807) is 19.1 Å². The molecule has 1 heterocycles. The van der Waals surface area contributed by atoms with E-state index in [1.807, 2.05) is 19.1 Å². The van der Waals surface area contributed by atoms with Crippen LogP contribution >= 0.6 is 12.2 Å². The predicted molar refractivity (Wildman–Crippen MR) is 115 cm³/mol. The maximum absolute atomic E-state index is 13.1. The standard InChI is InChI=1S/C20H20N4O5S/c1-10-4-6-12(7-5-10)22-19(26)15-11(2)21-20(30)23-16(15)13-8-9-14(25)18(29-3)17(13)24(27)28/h4-9,16,25H,1-3H3,(H,22,26)(H2,21,23,30). The molecule has 2 aromatic rings. The number of hydrogen-bond donors (Lipinski definition) is 4. The second-order valence-corrected chi connectivity index (χ2v) is 7.11. The van der Waals surface area contributed by atoms with E-state index in [0.717, 1.165) is 5.56 Å². The van der Waals surface area contributed by atoms with Crippen molar-refractivity contribution >= 4 is 34.6 Å². The number of carbonyl (C=O) groups is 1. The Bertz CT molecular complexity index is 1070. The summed E-state index contributed by atoms with van der Waals surface area (Å²) >= 11 is 5.20. The Morgan fingerprint density at radius 3 is 2.50 bits per heavy atom. The number of ether oxygens (including phenoxy) is 1. The van der Waals surface area contributed by atoms with Crippen LogP contribution in [0, 0.1) is 17.0 Å². The van der Waals surface area contributed by atoms with E-state index in [4.69, 9.17) is 17.0 Å². The fourth-order valence-electron chi connectivity index (χ4n) is 3.26. The number of nitro benzene ring substituents is 1. The van der Waals surface area contributed by atoms with Crippen LogP contribution in [0.2, 0.25) is 0 Å². The molecule has 156 valence electrons. The molecule has 30 heavy (non-hydrogen) atoms. The molecule has 0 bridgehead atoms. The lowest BCUT2D eigenvalue weighted by atomic mass is 9.93. The third-order valence-electron chi connectivity index (χ3n) is 4.66. The van der Waals surface area contributed by atoms with E-state index < -0.39 is 22.6 Å². The highest BCUT2D eigenvalue weighted by molar-refractivity contribution is 7.80. The van der Waals surface area contributed by atoms with Crippen molar-refractivity contribution in [1.29, 1.82) is 0 Å².